The van der Waals surface area contributed by atoms with Crippen molar-refractivity contribution in [2.75, 3.05) is 7.05 Å². The molecule has 1 fully saturated rings. The molecule has 2 atom stereocenters. The molecule has 0 aromatic heterocycles. The third kappa shape index (κ3) is 3.79. The van der Waals surface area contributed by atoms with Crippen LogP contribution in [0.4, 0.5) is 4.39 Å². The van der Waals surface area contributed by atoms with E-state index in [4.69, 9.17) is 5.73 Å². The predicted octanol–water partition coefficient (Wildman–Crippen LogP) is 3.06. The Morgan fingerprint density at radius 1 is 1.50 bits per heavy atom. The minimum atomic E-state index is -0.284. The molecule has 2 rings (SSSR count). The van der Waals surface area contributed by atoms with Gasteiger partial charge in [0.05, 0.1) is 0 Å². The molecule has 0 radical (unpaired) electrons. The summed E-state index contributed by atoms with van der Waals surface area (Å²) in [6.07, 6.45) is 3.62. The Kier molecular flexibility index (Phi) is 5.16. The first-order chi connectivity index (χ1) is 9.47. The van der Waals surface area contributed by atoms with Crippen LogP contribution in [0, 0.1) is 11.7 Å². The van der Waals surface area contributed by atoms with E-state index in [9.17, 15) is 9.18 Å². The Morgan fingerprint density at radius 3 is 2.95 bits per heavy atom. The van der Waals surface area contributed by atoms with Gasteiger partial charge in [0, 0.05) is 35.6 Å². The highest BCUT2D eigenvalue weighted by Gasteiger charge is 2.27. The average molecular weight is 343 g/mol. The van der Waals surface area contributed by atoms with Crippen molar-refractivity contribution in [3.63, 3.8) is 0 Å². The zero-order valence-electron chi connectivity index (χ0n) is 11.6. The lowest BCUT2D eigenvalue weighted by molar-refractivity contribution is -0.135. The van der Waals surface area contributed by atoms with E-state index < -0.39 is 0 Å². The second-order valence-electron chi connectivity index (χ2n) is 5.55. The quantitative estimate of drug-likeness (QED) is 0.917. The first-order valence-electron chi connectivity index (χ1n) is 6.92. The van der Waals surface area contributed by atoms with Gasteiger partial charge in [-0.3, -0.25) is 4.79 Å². The van der Waals surface area contributed by atoms with Crippen LogP contribution >= 0.6 is 15.9 Å². The topological polar surface area (TPSA) is 46.3 Å². The van der Waals surface area contributed by atoms with Gasteiger partial charge in [0.25, 0.3) is 0 Å². The van der Waals surface area contributed by atoms with Crippen LogP contribution in [0.5, 0.6) is 0 Å². The molecule has 0 unspecified atom stereocenters. The number of hydrogen-bond donors (Lipinski definition) is 1. The summed E-state index contributed by atoms with van der Waals surface area (Å²) in [4.78, 5) is 14.0. The summed E-state index contributed by atoms with van der Waals surface area (Å²) in [5.41, 5.74) is 6.45. The van der Waals surface area contributed by atoms with Gasteiger partial charge >= 0.3 is 0 Å². The molecule has 2 N–H and O–H groups in total. The summed E-state index contributed by atoms with van der Waals surface area (Å²) >= 11 is 3.32. The van der Waals surface area contributed by atoms with Crippen LogP contribution < -0.4 is 5.73 Å². The second kappa shape index (κ2) is 6.68. The van der Waals surface area contributed by atoms with E-state index >= 15 is 0 Å². The number of halogens is 2. The zero-order chi connectivity index (χ0) is 14.7. The summed E-state index contributed by atoms with van der Waals surface area (Å²) in [7, 11) is 1.73. The molecule has 0 spiro atoms. The molecule has 1 saturated carbocycles. The van der Waals surface area contributed by atoms with E-state index in [1.165, 1.54) is 6.07 Å². The fraction of sp³-hybridized carbons (Fsp3) is 0.533. The van der Waals surface area contributed by atoms with Crippen molar-refractivity contribution >= 4 is 21.8 Å². The number of carbonyl (C=O) groups is 1. The molecule has 1 aliphatic rings. The van der Waals surface area contributed by atoms with E-state index in [0.717, 1.165) is 30.2 Å². The summed E-state index contributed by atoms with van der Waals surface area (Å²) in [6, 6.07) is 4.90. The lowest BCUT2D eigenvalue weighted by Gasteiger charge is -2.29. The second-order valence-corrected chi connectivity index (χ2v) is 6.47. The highest BCUT2D eigenvalue weighted by Crippen LogP contribution is 2.25. The van der Waals surface area contributed by atoms with Crippen LogP contribution in [-0.4, -0.2) is 23.9 Å². The molecule has 1 aromatic carbocycles. The number of benzene rings is 1. The fourth-order valence-corrected chi connectivity index (χ4v) is 3.17. The number of nitrogens with zero attached hydrogens (tertiary/aromatic N) is 1. The average Bonchev–Trinajstić information content (AvgIpc) is 2.42. The summed E-state index contributed by atoms with van der Waals surface area (Å²) in [5.74, 6) is -0.230. The molecule has 0 aliphatic heterocycles. The largest absolute Gasteiger partial charge is 0.341 e. The molecule has 20 heavy (non-hydrogen) atoms. The summed E-state index contributed by atoms with van der Waals surface area (Å²) in [5, 5.41) is 0. The van der Waals surface area contributed by atoms with Gasteiger partial charge in [-0.2, -0.15) is 0 Å². The third-order valence-electron chi connectivity index (χ3n) is 3.86. The molecule has 3 nitrogen and oxygen atoms in total. The zero-order valence-corrected chi connectivity index (χ0v) is 13.2. The first kappa shape index (κ1) is 15.4. The number of hydrogen-bond acceptors (Lipinski definition) is 2. The van der Waals surface area contributed by atoms with E-state index in [1.54, 1.807) is 24.1 Å². The summed E-state index contributed by atoms with van der Waals surface area (Å²) in [6.45, 7) is 0.288. The minimum Gasteiger partial charge on any atom is -0.341 e. The molecule has 0 bridgehead atoms. The van der Waals surface area contributed by atoms with Crippen LogP contribution in [0.25, 0.3) is 0 Å². The molecule has 110 valence electrons. The van der Waals surface area contributed by atoms with Crippen LogP contribution in [-0.2, 0) is 11.3 Å². The van der Waals surface area contributed by atoms with E-state index in [2.05, 4.69) is 15.9 Å². The van der Waals surface area contributed by atoms with Gasteiger partial charge in [-0.05, 0) is 37.5 Å². The lowest BCUT2D eigenvalue weighted by atomic mass is 9.85. The summed E-state index contributed by atoms with van der Waals surface area (Å²) < 4.78 is 14.5. The molecule has 1 aliphatic carbocycles. The molecule has 1 amide bonds. The van der Waals surface area contributed by atoms with Crippen LogP contribution in [0.1, 0.15) is 31.2 Å². The van der Waals surface area contributed by atoms with Gasteiger partial charge in [-0.15, -0.1) is 0 Å². The van der Waals surface area contributed by atoms with Crippen molar-refractivity contribution in [3.8, 4) is 0 Å². The van der Waals surface area contributed by atoms with E-state index in [-0.39, 0.29) is 30.2 Å². The maximum Gasteiger partial charge on any atom is 0.225 e. The Balaban J connectivity index is 2.01. The SMILES string of the molecule is CN(Cc1cc(Br)ccc1F)C(=O)[C@H]1CCC[C@H](N)C1. The maximum absolute atomic E-state index is 13.7. The number of carbonyl (C=O) groups excluding carboxylic acids is 1. The molecular weight excluding hydrogens is 323 g/mol. The van der Waals surface area contributed by atoms with Crippen LogP contribution in [0.3, 0.4) is 0 Å². The van der Waals surface area contributed by atoms with Gasteiger partial charge < -0.3 is 10.6 Å². The van der Waals surface area contributed by atoms with Crippen molar-refractivity contribution < 1.29 is 9.18 Å². The Labute approximate surface area is 127 Å². The molecule has 0 heterocycles. The number of nitrogens with two attached hydrogens (primary N) is 1. The first-order valence-corrected chi connectivity index (χ1v) is 7.71. The Bertz CT molecular complexity index is 495. The highest BCUT2D eigenvalue weighted by atomic mass is 79.9. The fourth-order valence-electron chi connectivity index (χ4n) is 2.76. The Morgan fingerprint density at radius 2 is 2.25 bits per heavy atom. The van der Waals surface area contributed by atoms with Gasteiger partial charge in [0.2, 0.25) is 5.91 Å². The predicted molar refractivity (Wildman–Crippen MR) is 80.5 cm³/mol. The van der Waals surface area contributed by atoms with E-state index in [1.807, 2.05) is 0 Å². The van der Waals surface area contributed by atoms with Gasteiger partial charge in [0.15, 0.2) is 0 Å². The normalized spacial score (nSPS) is 22.6. The van der Waals surface area contributed by atoms with Crippen molar-refractivity contribution in [3.05, 3.63) is 34.1 Å². The smallest absolute Gasteiger partial charge is 0.225 e. The molecule has 1 aromatic rings. The standard InChI is InChI=1S/C15H20BrFN2O/c1-19(9-11-7-12(16)5-6-14(11)17)15(20)10-3-2-4-13(18)8-10/h5-7,10,13H,2-4,8-9,18H2,1H3/t10-,13-/m0/s1. The van der Waals surface area contributed by atoms with Gasteiger partial charge in [0.1, 0.15) is 5.82 Å². The maximum atomic E-state index is 13.7. The van der Waals surface area contributed by atoms with Crippen LogP contribution in [0.2, 0.25) is 0 Å². The highest BCUT2D eigenvalue weighted by molar-refractivity contribution is 9.10. The lowest BCUT2D eigenvalue weighted by Crippen LogP contribution is -2.38. The van der Waals surface area contributed by atoms with Gasteiger partial charge in [-0.25, -0.2) is 4.39 Å². The van der Waals surface area contributed by atoms with Crippen molar-refractivity contribution in [2.24, 2.45) is 11.7 Å². The van der Waals surface area contributed by atoms with Crippen molar-refractivity contribution in [1.29, 1.82) is 0 Å². The number of amides is 1. The number of rotatable bonds is 3. The third-order valence-corrected chi connectivity index (χ3v) is 4.35. The van der Waals surface area contributed by atoms with Crippen LogP contribution in [0.15, 0.2) is 22.7 Å². The van der Waals surface area contributed by atoms with Crippen molar-refractivity contribution in [2.45, 2.75) is 38.3 Å². The Hall–Kier alpha value is -0.940. The minimum absolute atomic E-state index is 0.0148. The van der Waals surface area contributed by atoms with Gasteiger partial charge in [-0.1, -0.05) is 22.4 Å². The van der Waals surface area contributed by atoms with Crippen molar-refractivity contribution in [1.82, 2.24) is 4.90 Å². The molecule has 0 saturated heterocycles. The molecular formula is C15H20BrFN2O. The monoisotopic (exact) mass is 342 g/mol. The van der Waals surface area contributed by atoms with E-state index in [0.29, 0.717) is 5.56 Å². The molecule has 5 heteroatoms.